The van der Waals surface area contributed by atoms with Crippen molar-refractivity contribution in [3.63, 3.8) is 0 Å². The molecule has 0 aliphatic carbocycles. The second kappa shape index (κ2) is 6.22. The summed E-state index contributed by atoms with van der Waals surface area (Å²) in [6.07, 6.45) is 1.89. The predicted octanol–water partition coefficient (Wildman–Crippen LogP) is 0.980. The van der Waals surface area contributed by atoms with Crippen molar-refractivity contribution in [2.45, 2.75) is 27.2 Å². The number of nitrogens with one attached hydrogen (secondary N) is 1. The molecule has 0 rings (SSSR count). The molecule has 1 N–H and O–H groups in total. The summed E-state index contributed by atoms with van der Waals surface area (Å²) in [6, 6.07) is 0. The molecule has 0 fully saturated rings. The van der Waals surface area contributed by atoms with Crippen LogP contribution in [-0.2, 0) is 14.3 Å². The second-order valence-corrected chi connectivity index (χ2v) is 2.46. The number of allylic oxidation sites excluding steroid dienone is 1. The minimum atomic E-state index is -0.423. The summed E-state index contributed by atoms with van der Waals surface area (Å²) in [7, 11) is 0. The second-order valence-electron chi connectivity index (χ2n) is 2.46. The number of amides is 1. The zero-order valence-electron chi connectivity index (χ0n) is 8.22. The Morgan fingerprint density at radius 3 is 2.38 bits per heavy atom. The number of carbonyl (C=O) groups is 2. The molecule has 13 heavy (non-hydrogen) atoms. The van der Waals surface area contributed by atoms with Crippen LogP contribution in [0.1, 0.15) is 27.2 Å². The molecule has 0 spiro atoms. The molecule has 0 aromatic carbocycles. The molecule has 0 aromatic heterocycles. The molecule has 0 saturated carbocycles. The molecule has 0 unspecified atom stereocenters. The van der Waals surface area contributed by atoms with Gasteiger partial charge in [0.15, 0.2) is 0 Å². The third-order valence-corrected chi connectivity index (χ3v) is 1.30. The van der Waals surface area contributed by atoms with Gasteiger partial charge in [-0.05, 0) is 13.3 Å². The van der Waals surface area contributed by atoms with Crippen LogP contribution in [0.4, 0.5) is 0 Å². The first kappa shape index (κ1) is 11.7. The van der Waals surface area contributed by atoms with E-state index in [1.807, 2.05) is 6.92 Å². The first-order chi connectivity index (χ1) is 6.10. The summed E-state index contributed by atoms with van der Waals surface area (Å²) in [5.41, 5.74) is 0.575. The van der Waals surface area contributed by atoms with Gasteiger partial charge >= 0.3 is 5.97 Å². The number of hydrogen-bond donors (Lipinski definition) is 1. The van der Waals surface area contributed by atoms with Gasteiger partial charge in [0.25, 0.3) is 0 Å². The standard InChI is InChI=1S/C9H15NO3/c1-4-8(10-7(3)11)6-9(12)13-5-2/h6H,4-5H2,1-3H3,(H,10,11). The smallest absolute Gasteiger partial charge is 0.332 e. The van der Waals surface area contributed by atoms with E-state index in [4.69, 9.17) is 0 Å². The van der Waals surface area contributed by atoms with Crippen molar-refractivity contribution < 1.29 is 14.3 Å². The van der Waals surface area contributed by atoms with Gasteiger partial charge in [-0.2, -0.15) is 0 Å². The highest BCUT2D eigenvalue weighted by molar-refractivity contribution is 5.84. The summed E-state index contributed by atoms with van der Waals surface area (Å²) >= 11 is 0. The van der Waals surface area contributed by atoms with Gasteiger partial charge in [0.2, 0.25) is 5.91 Å². The normalized spacial score (nSPS) is 10.8. The Kier molecular flexibility index (Phi) is 5.59. The summed E-state index contributed by atoms with van der Waals surface area (Å²) in [4.78, 5) is 21.6. The van der Waals surface area contributed by atoms with E-state index in [2.05, 4.69) is 10.1 Å². The first-order valence-electron chi connectivity index (χ1n) is 4.25. The summed E-state index contributed by atoms with van der Waals surface area (Å²) in [6.45, 7) is 5.32. The maximum absolute atomic E-state index is 10.9. The van der Waals surface area contributed by atoms with Crippen LogP contribution in [0.5, 0.6) is 0 Å². The molecule has 1 amide bonds. The zero-order valence-corrected chi connectivity index (χ0v) is 8.22. The van der Waals surface area contributed by atoms with E-state index in [-0.39, 0.29) is 5.91 Å². The van der Waals surface area contributed by atoms with E-state index in [0.29, 0.717) is 18.7 Å². The van der Waals surface area contributed by atoms with Crippen molar-refractivity contribution in [1.29, 1.82) is 0 Å². The van der Waals surface area contributed by atoms with Crippen LogP contribution in [0.2, 0.25) is 0 Å². The lowest BCUT2D eigenvalue weighted by atomic mass is 10.3. The van der Waals surface area contributed by atoms with Crippen LogP contribution in [0.15, 0.2) is 11.8 Å². The third-order valence-electron chi connectivity index (χ3n) is 1.30. The highest BCUT2D eigenvalue weighted by Gasteiger charge is 2.01. The van der Waals surface area contributed by atoms with E-state index in [1.54, 1.807) is 6.92 Å². The maximum atomic E-state index is 10.9. The molecule has 0 aliphatic heterocycles. The fourth-order valence-corrected chi connectivity index (χ4v) is 0.779. The molecule has 0 bridgehead atoms. The van der Waals surface area contributed by atoms with Crippen molar-refractivity contribution in [2.24, 2.45) is 0 Å². The van der Waals surface area contributed by atoms with Crippen LogP contribution < -0.4 is 5.32 Å². The van der Waals surface area contributed by atoms with Gasteiger partial charge in [0.1, 0.15) is 0 Å². The van der Waals surface area contributed by atoms with Gasteiger partial charge in [-0.15, -0.1) is 0 Å². The minimum absolute atomic E-state index is 0.183. The van der Waals surface area contributed by atoms with Crippen LogP contribution in [0.25, 0.3) is 0 Å². The molecule has 4 heteroatoms. The van der Waals surface area contributed by atoms with E-state index >= 15 is 0 Å². The Bertz CT molecular complexity index is 221. The molecule has 74 valence electrons. The first-order valence-corrected chi connectivity index (χ1v) is 4.25. The fraction of sp³-hybridized carbons (Fsp3) is 0.556. The molecule has 0 heterocycles. The molecule has 0 atom stereocenters. The summed E-state index contributed by atoms with van der Waals surface area (Å²) in [5.74, 6) is -0.606. The summed E-state index contributed by atoms with van der Waals surface area (Å²) < 4.78 is 4.69. The largest absolute Gasteiger partial charge is 0.463 e. The highest BCUT2D eigenvalue weighted by Crippen LogP contribution is 1.96. The fourth-order valence-electron chi connectivity index (χ4n) is 0.779. The van der Waals surface area contributed by atoms with Gasteiger partial charge in [-0.25, -0.2) is 4.79 Å². The lowest BCUT2D eigenvalue weighted by molar-refractivity contribution is -0.137. The van der Waals surface area contributed by atoms with E-state index in [0.717, 1.165) is 0 Å². The van der Waals surface area contributed by atoms with Crippen molar-refractivity contribution >= 4 is 11.9 Å². The van der Waals surface area contributed by atoms with Gasteiger partial charge < -0.3 is 10.1 Å². The highest BCUT2D eigenvalue weighted by atomic mass is 16.5. The van der Waals surface area contributed by atoms with Gasteiger partial charge in [0, 0.05) is 18.7 Å². The topological polar surface area (TPSA) is 55.4 Å². The van der Waals surface area contributed by atoms with Gasteiger partial charge in [-0.3, -0.25) is 4.79 Å². The number of esters is 1. The molecular weight excluding hydrogens is 170 g/mol. The molecule has 0 radical (unpaired) electrons. The van der Waals surface area contributed by atoms with Crippen LogP contribution in [0.3, 0.4) is 0 Å². The lowest BCUT2D eigenvalue weighted by Gasteiger charge is -2.04. The lowest BCUT2D eigenvalue weighted by Crippen LogP contribution is -2.20. The summed E-state index contributed by atoms with van der Waals surface area (Å²) in [5, 5.41) is 2.54. The quantitative estimate of drug-likeness (QED) is 0.524. The Labute approximate surface area is 78.0 Å². The Balaban J connectivity index is 4.20. The van der Waals surface area contributed by atoms with Gasteiger partial charge in [0.05, 0.1) is 6.61 Å². The van der Waals surface area contributed by atoms with Crippen LogP contribution in [0, 0.1) is 0 Å². The van der Waals surface area contributed by atoms with E-state index in [9.17, 15) is 9.59 Å². The minimum Gasteiger partial charge on any atom is -0.463 e. The SMILES string of the molecule is CCOC(=O)C=C(CC)NC(C)=O. The van der Waals surface area contributed by atoms with Crippen molar-refractivity contribution in [3.8, 4) is 0 Å². The number of rotatable bonds is 4. The Morgan fingerprint density at radius 2 is 2.00 bits per heavy atom. The van der Waals surface area contributed by atoms with E-state index < -0.39 is 5.97 Å². The molecule has 4 nitrogen and oxygen atoms in total. The Morgan fingerprint density at radius 1 is 1.38 bits per heavy atom. The van der Waals surface area contributed by atoms with Crippen molar-refractivity contribution in [1.82, 2.24) is 5.32 Å². The third kappa shape index (κ3) is 5.90. The van der Waals surface area contributed by atoms with Gasteiger partial charge in [-0.1, -0.05) is 6.92 Å². The average molecular weight is 185 g/mol. The molecule has 0 saturated heterocycles. The number of ether oxygens (including phenoxy) is 1. The average Bonchev–Trinajstić information content (AvgIpc) is 2.02. The van der Waals surface area contributed by atoms with Crippen LogP contribution >= 0.6 is 0 Å². The van der Waals surface area contributed by atoms with Crippen molar-refractivity contribution in [2.75, 3.05) is 6.61 Å². The predicted molar refractivity (Wildman–Crippen MR) is 48.8 cm³/mol. The van der Waals surface area contributed by atoms with E-state index in [1.165, 1.54) is 13.0 Å². The Hall–Kier alpha value is -1.32. The maximum Gasteiger partial charge on any atom is 0.332 e. The molecule has 0 aromatic rings. The molecular formula is C9H15NO3. The molecule has 0 aliphatic rings. The zero-order chi connectivity index (χ0) is 10.3. The number of hydrogen-bond acceptors (Lipinski definition) is 3. The monoisotopic (exact) mass is 185 g/mol. The number of carbonyl (C=O) groups excluding carboxylic acids is 2. The van der Waals surface area contributed by atoms with Crippen LogP contribution in [-0.4, -0.2) is 18.5 Å². The van der Waals surface area contributed by atoms with Crippen molar-refractivity contribution in [3.05, 3.63) is 11.8 Å².